The van der Waals surface area contributed by atoms with Gasteiger partial charge in [0.1, 0.15) is 17.1 Å². The Hall–Kier alpha value is -1.17. The first kappa shape index (κ1) is 20.7. The number of ketones is 1. The van der Waals surface area contributed by atoms with Crippen molar-refractivity contribution in [3.05, 3.63) is 23.7 Å². The molecule has 1 aromatic heterocycles. The third-order valence-electron chi connectivity index (χ3n) is 8.84. The lowest BCUT2D eigenvalue weighted by molar-refractivity contribution is -0.369. The van der Waals surface area contributed by atoms with Gasteiger partial charge in [-0.25, -0.2) is 0 Å². The molecule has 9 atom stereocenters. The average molecular weight is 417 g/mol. The molecule has 5 heteroatoms. The molecular weight excluding hydrogens is 380 g/mol. The third kappa shape index (κ3) is 2.43. The number of furan rings is 1. The smallest absolute Gasteiger partial charge is 0.199 e. The molecule has 0 unspecified atom stereocenters. The van der Waals surface area contributed by atoms with Crippen molar-refractivity contribution in [2.24, 2.45) is 35.5 Å². The molecule has 2 saturated heterocycles. The van der Waals surface area contributed by atoms with Gasteiger partial charge in [0.05, 0.1) is 23.9 Å². The number of ether oxygens (including phenoxy) is 2. The summed E-state index contributed by atoms with van der Waals surface area (Å²) in [5, 5.41) is 12.3. The van der Waals surface area contributed by atoms with Crippen molar-refractivity contribution in [1.29, 1.82) is 0 Å². The van der Waals surface area contributed by atoms with Crippen LogP contribution in [0.25, 0.3) is 0 Å². The van der Waals surface area contributed by atoms with Crippen molar-refractivity contribution in [2.75, 3.05) is 0 Å². The first-order valence-electron chi connectivity index (χ1n) is 11.7. The Morgan fingerprint density at radius 1 is 1.30 bits per heavy atom. The van der Waals surface area contributed by atoms with E-state index < -0.39 is 22.9 Å². The SMILES string of the molecule is Cc1ccoc1CC[C@]1(C)O[C@@]2(CC(C)C)O[C@H]3C[C@H](C)[C@H]4C(=O)[C@@H]1[C@]2(O)[C@H](C)[C@H]43. The lowest BCUT2D eigenvalue weighted by atomic mass is 9.52. The second-order valence-corrected chi connectivity index (χ2v) is 11.2. The fourth-order valence-electron chi connectivity index (χ4n) is 7.70. The summed E-state index contributed by atoms with van der Waals surface area (Å²) in [4.78, 5) is 14.0. The number of Topliss-reactive ketones (excluding diaryl/α,β-unsaturated/α-hetero) is 1. The molecule has 1 aromatic rings. The summed E-state index contributed by atoms with van der Waals surface area (Å²) in [6.45, 7) is 12.6. The van der Waals surface area contributed by atoms with Crippen molar-refractivity contribution in [1.82, 2.24) is 0 Å². The molecule has 2 aliphatic carbocycles. The number of rotatable bonds is 5. The van der Waals surface area contributed by atoms with Crippen LogP contribution in [0.15, 0.2) is 16.7 Å². The number of carbonyl (C=O) groups excluding carboxylic acids is 1. The second-order valence-electron chi connectivity index (χ2n) is 11.2. The summed E-state index contributed by atoms with van der Waals surface area (Å²) in [6, 6.07) is 1.96. The summed E-state index contributed by atoms with van der Waals surface area (Å²) < 4.78 is 19.2. The molecule has 5 rings (SSSR count). The van der Waals surface area contributed by atoms with Gasteiger partial charge in [-0.1, -0.05) is 27.7 Å². The molecule has 1 N–H and O–H groups in total. The van der Waals surface area contributed by atoms with Crippen LogP contribution in [0.5, 0.6) is 0 Å². The second kappa shape index (κ2) is 6.43. The highest BCUT2D eigenvalue weighted by molar-refractivity contribution is 5.89. The zero-order chi connectivity index (χ0) is 21.6. The number of hydrogen-bond acceptors (Lipinski definition) is 5. The molecular formula is C25H36O5. The Bertz CT molecular complexity index is 859. The average Bonchev–Trinajstić information content (AvgIpc) is 3.25. The molecule has 0 amide bonds. The maximum Gasteiger partial charge on any atom is 0.199 e. The van der Waals surface area contributed by atoms with Crippen molar-refractivity contribution in [2.45, 2.75) is 90.3 Å². The van der Waals surface area contributed by atoms with Crippen LogP contribution in [0.2, 0.25) is 0 Å². The quantitative estimate of drug-likeness (QED) is 0.775. The van der Waals surface area contributed by atoms with Crippen LogP contribution in [-0.2, 0) is 20.7 Å². The van der Waals surface area contributed by atoms with E-state index in [0.717, 1.165) is 17.7 Å². The first-order valence-corrected chi connectivity index (χ1v) is 11.7. The van der Waals surface area contributed by atoms with E-state index in [0.29, 0.717) is 19.3 Å². The van der Waals surface area contributed by atoms with Crippen LogP contribution in [0, 0.1) is 42.4 Å². The summed E-state index contributed by atoms with van der Waals surface area (Å²) in [7, 11) is 0. The van der Waals surface area contributed by atoms with Gasteiger partial charge in [-0.05, 0) is 56.1 Å². The lowest BCUT2D eigenvalue weighted by Crippen LogP contribution is -2.72. The van der Waals surface area contributed by atoms with Crippen LogP contribution >= 0.6 is 0 Å². The van der Waals surface area contributed by atoms with Crippen LogP contribution in [0.4, 0.5) is 0 Å². The van der Waals surface area contributed by atoms with Crippen LogP contribution in [-0.4, -0.2) is 34.0 Å². The molecule has 2 aliphatic heterocycles. The lowest BCUT2D eigenvalue weighted by Gasteiger charge is -2.58. The summed E-state index contributed by atoms with van der Waals surface area (Å²) >= 11 is 0. The van der Waals surface area contributed by atoms with Crippen LogP contribution in [0.1, 0.15) is 65.2 Å². The summed E-state index contributed by atoms with van der Waals surface area (Å²) in [5.74, 6) is 0.00556. The molecule has 3 heterocycles. The molecule has 4 aliphatic rings. The Morgan fingerprint density at radius 3 is 2.67 bits per heavy atom. The predicted molar refractivity (Wildman–Crippen MR) is 112 cm³/mol. The fourth-order valence-corrected chi connectivity index (χ4v) is 7.70. The number of carbonyl (C=O) groups is 1. The van der Waals surface area contributed by atoms with Gasteiger partial charge < -0.3 is 19.0 Å². The normalized spacial score (nSPS) is 49.3. The van der Waals surface area contributed by atoms with E-state index in [2.05, 4.69) is 27.7 Å². The van der Waals surface area contributed by atoms with Crippen molar-refractivity contribution in [3.8, 4) is 0 Å². The van der Waals surface area contributed by atoms with Crippen molar-refractivity contribution >= 4 is 5.78 Å². The van der Waals surface area contributed by atoms with Gasteiger partial charge in [0.15, 0.2) is 5.79 Å². The van der Waals surface area contributed by atoms with Crippen LogP contribution in [0.3, 0.4) is 0 Å². The molecule has 2 bridgehead atoms. The number of aliphatic hydroxyl groups is 1. The molecule has 5 nitrogen and oxygen atoms in total. The van der Waals surface area contributed by atoms with E-state index in [1.807, 2.05) is 19.9 Å². The van der Waals surface area contributed by atoms with Gasteiger partial charge in [0, 0.05) is 24.7 Å². The van der Waals surface area contributed by atoms with Gasteiger partial charge in [0.25, 0.3) is 0 Å². The maximum atomic E-state index is 14.0. The molecule has 2 saturated carbocycles. The summed E-state index contributed by atoms with van der Waals surface area (Å²) in [5.41, 5.74) is -0.969. The standard InChI is InChI=1S/C25H36O5/c1-13(2)12-24-25(27)16(5)20-18(29-24)11-15(4)19(20)21(26)22(25)23(6,30-24)9-7-17-14(3)8-10-28-17/h8,10,13,15-16,18-20,22,27H,7,9,11-12H2,1-6H3/t15-,16+,18-,19+,20-,22-,23-,24+,25+/m0/s1. The molecule has 4 fully saturated rings. The highest BCUT2D eigenvalue weighted by Crippen LogP contribution is 2.69. The Kier molecular flexibility index (Phi) is 4.44. The van der Waals surface area contributed by atoms with Gasteiger partial charge in [-0.15, -0.1) is 0 Å². The number of hydrogen-bond donors (Lipinski definition) is 1. The highest BCUT2D eigenvalue weighted by Gasteiger charge is 2.81. The summed E-state index contributed by atoms with van der Waals surface area (Å²) in [6.07, 6.45) is 4.45. The minimum atomic E-state index is -1.29. The van der Waals surface area contributed by atoms with Gasteiger partial charge in [-0.2, -0.15) is 0 Å². The van der Waals surface area contributed by atoms with E-state index in [1.165, 1.54) is 0 Å². The predicted octanol–water partition coefficient (Wildman–Crippen LogP) is 4.29. The zero-order valence-electron chi connectivity index (χ0n) is 19.1. The first-order chi connectivity index (χ1) is 14.0. The van der Waals surface area contributed by atoms with Gasteiger partial charge in [-0.3, -0.25) is 4.79 Å². The monoisotopic (exact) mass is 416 g/mol. The maximum absolute atomic E-state index is 14.0. The Morgan fingerprint density at radius 2 is 2.03 bits per heavy atom. The van der Waals surface area contributed by atoms with E-state index in [4.69, 9.17) is 13.9 Å². The number of aryl methyl sites for hydroxylation is 2. The molecule has 0 aromatic carbocycles. The Labute approximate surface area is 179 Å². The van der Waals surface area contributed by atoms with Crippen molar-refractivity contribution < 1.29 is 23.8 Å². The molecule has 30 heavy (non-hydrogen) atoms. The van der Waals surface area contributed by atoms with Crippen LogP contribution < -0.4 is 0 Å². The molecule has 166 valence electrons. The largest absolute Gasteiger partial charge is 0.469 e. The van der Waals surface area contributed by atoms with E-state index in [-0.39, 0.29) is 41.5 Å². The Balaban J connectivity index is 1.60. The minimum absolute atomic E-state index is 0.0152. The van der Waals surface area contributed by atoms with Crippen molar-refractivity contribution in [3.63, 3.8) is 0 Å². The third-order valence-corrected chi connectivity index (χ3v) is 8.84. The van der Waals surface area contributed by atoms with Gasteiger partial charge >= 0.3 is 0 Å². The van der Waals surface area contributed by atoms with E-state index >= 15 is 0 Å². The van der Waals surface area contributed by atoms with Gasteiger partial charge in [0.2, 0.25) is 0 Å². The topological polar surface area (TPSA) is 68.9 Å². The fraction of sp³-hybridized carbons (Fsp3) is 0.800. The highest BCUT2D eigenvalue weighted by atomic mass is 16.7. The molecule has 0 spiro atoms. The minimum Gasteiger partial charge on any atom is -0.469 e. The zero-order valence-corrected chi connectivity index (χ0v) is 19.1. The molecule has 0 radical (unpaired) electrons. The van der Waals surface area contributed by atoms with E-state index in [1.54, 1.807) is 6.26 Å². The van der Waals surface area contributed by atoms with E-state index in [9.17, 15) is 9.90 Å².